The number of hydrogen-bond acceptors (Lipinski definition) is 4. The van der Waals surface area contributed by atoms with Crippen LogP contribution in [0.25, 0.3) is 0 Å². The van der Waals surface area contributed by atoms with Crippen molar-refractivity contribution in [2.75, 3.05) is 19.6 Å². The van der Waals surface area contributed by atoms with Crippen molar-refractivity contribution in [1.82, 2.24) is 15.2 Å². The van der Waals surface area contributed by atoms with Gasteiger partial charge in [0.05, 0.1) is 10.7 Å². The average Bonchev–Trinajstić information content (AvgIpc) is 2.50. The second-order valence-corrected chi connectivity index (χ2v) is 5.28. The number of hydrogen-bond donors (Lipinski definition) is 1. The van der Waals surface area contributed by atoms with Crippen molar-refractivity contribution in [3.63, 3.8) is 0 Å². The minimum atomic E-state index is 0.669. The van der Waals surface area contributed by atoms with Gasteiger partial charge in [0.25, 0.3) is 0 Å². The Hall–Kier alpha value is -0.450. The van der Waals surface area contributed by atoms with Crippen molar-refractivity contribution in [2.45, 2.75) is 32.9 Å². The van der Waals surface area contributed by atoms with Gasteiger partial charge < -0.3 is 5.32 Å². The molecule has 0 aromatic carbocycles. The molecule has 1 saturated heterocycles. The molecule has 0 radical (unpaired) electrons. The number of aromatic nitrogens is 1. The third kappa shape index (κ3) is 3.00. The summed E-state index contributed by atoms with van der Waals surface area (Å²) in [5, 5.41) is 6.79. The van der Waals surface area contributed by atoms with Gasteiger partial charge in [-0.25, -0.2) is 4.98 Å². The van der Waals surface area contributed by atoms with Gasteiger partial charge in [0.2, 0.25) is 0 Å². The quantitative estimate of drug-likeness (QED) is 0.829. The summed E-state index contributed by atoms with van der Waals surface area (Å²) >= 11 is 1.75. The molecule has 2 heterocycles. The monoisotopic (exact) mass is 225 g/mol. The molecule has 1 fully saturated rings. The van der Waals surface area contributed by atoms with Crippen LogP contribution in [-0.2, 0) is 6.54 Å². The van der Waals surface area contributed by atoms with Crippen molar-refractivity contribution in [2.24, 2.45) is 0 Å². The number of aryl methyl sites for hydroxylation is 1. The topological polar surface area (TPSA) is 28.2 Å². The normalized spacial score (nSPS) is 24.0. The van der Waals surface area contributed by atoms with Crippen LogP contribution < -0.4 is 5.32 Å². The molecule has 2 rings (SSSR count). The van der Waals surface area contributed by atoms with E-state index in [4.69, 9.17) is 0 Å². The maximum absolute atomic E-state index is 4.53. The zero-order chi connectivity index (χ0) is 10.7. The standard InChI is InChI=1S/C11H19N3S/c1-9-3-4-12-5-6-14(9)7-11-8-15-10(2)13-11/h8-9,12H,3-7H2,1-2H3. The molecule has 1 unspecified atom stereocenters. The maximum atomic E-state index is 4.53. The van der Waals surface area contributed by atoms with Crippen LogP contribution in [0, 0.1) is 6.92 Å². The van der Waals surface area contributed by atoms with Gasteiger partial charge in [0.1, 0.15) is 0 Å². The number of rotatable bonds is 2. The fourth-order valence-corrected chi connectivity index (χ4v) is 2.59. The van der Waals surface area contributed by atoms with E-state index in [1.807, 2.05) is 0 Å². The maximum Gasteiger partial charge on any atom is 0.0897 e. The molecule has 1 aliphatic heterocycles. The molecule has 0 bridgehead atoms. The molecule has 0 spiro atoms. The summed E-state index contributed by atoms with van der Waals surface area (Å²) in [4.78, 5) is 7.05. The van der Waals surface area contributed by atoms with Gasteiger partial charge in [0, 0.05) is 31.1 Å². The summed E-state index contributed by atoms with van der Waals surface area (Å²) < 4.78 is 0. The lowest BCUT2D eigenvalue weighted by molar-refractivity contribution is 0.209. The van der Waals surface area contributed by atoms with Crippen LogP contribution in [-0.4, -0.2) is 35.6 Å². The zero-order valence-corrected chi connectivity index (χ0v) is 10.3. The molecule has 0 amide bonds. The lowest BCUT2D eigenvalue weighted by Crippen LogP contribution is -2.33. The molecule has 15 heavy (non-hydrogen) atoms. The van der Waals surface area contributed by atoms with Crippen molar-refractivity contribution in [1.29, 1.82) is 0 Å². The summed E-state index contributed by atoms with van der Waals surface area (Å²) in [6, 6.07) is 0.669. The number of nitrogens with zero attached hydrogens (tertiary/aromatic N) is 2. The summed E-state index contributed by atoms with van der Waals surface area (Å²) in [7, 11) is 0. The fraction of sp³-hybridized carbons (Fsp3) is 0.727. The van der Waals surface area contributed by atoms with E-state index in [0.717, 1.165) is 26.2 Å². The van der Waals surface area contributed by atoms with E-state index in [1.54, 1.807) is 11.3 Å². The molecule has 84 valence electrons. The second-order valence-electron chi connectivity index (χ2n) is 4.22. The van der Waals surface area contributed by atoms with Crippen LogP contribution in [0.1, 0.15) is 24.0 Å². The summed E-state index contributed by atoms with van der Waals surface area (Å²) in [5.74, 6) is 0. The van der Waals surface area contributed by atoms with Crippen molar-refractivity contribution in [3.8, 4) is 0 Å². The van der Waals surface area contributed by atoms with Gasteiger partial charge in [-0.15, -0.1) is 11.3 Å². The van der Waals surface area contributed by atoms with E-state index in [9.17, 15) is 0 Å². The van der Waals surface area contributed by atoms with Crippen LogP contribution >= 0.6 is 11.3 Å². The summed E-state index contributed by atoms with van der Waals surface area (Å²) in [5.41, 5.74) is 1.23. The third-order valence-electron chi connectivity index (χ3n) is 2.97. The van der Waals surface area contributed by atoms with Gasteiger partial charge >= 0.3 is 0 Å². The van der Waals surface area contributed by atoms with E-state index >= 15 is 0 Å². The smallest absolute Gasteiger partial charge is 0.0897 e. The van der Waals surface area contributed by atoms with Crippen LogP contribution in [0.15, 0.2) is 5.38 Å². The van der Waals surface area contributed by atoms with Crippen molar-refractivity contribution >= 4 is 11.3 Å². The number of nitrogens with one attached hydrogen (secondary N) is 1. The first-order valence-electron chi connectivity index (χ1n) is 5.61. The molecule has 0 saturated carbocycles. The van der Waals surface area contributed by atoms with Gasteiger partial charge in [-0.1, -0.05) is 0 Å². The highest BCUT2D eigenvalue weighted by Gasteiger charge is 2.17. The Morgan fingerprint density at radius 3 is 3.20 bits per heavy atom. The lowest BCUT2D eigenvalue weighted by atomic mass is 10.2. The third-order valence-corrected chi connectivity index (χ3v) is 3.79. The molecule has 1 atom stereocenters. The average molecular weight is 225 g/mol. The summed E-state index contributed by atoms with van der Waals surface area (Å²) in [6.45, 7) is 8.78. The molecule has 4 heteroatoms. The number of thiazole rings is 1. The molecule has 1 N–H and O–H groups in total. The Kier molecular flexibility index (Phi) is 3.72. The SMILES string of the molecule is Cc1nc(CN2CCNCCC2C)cs1. The van der Waals surface area contributed by atoms with Crippen molar-refractivity contribution < 1.29 is 0 Å². The Labute approximate surface area is 95.5 Å². The van der Waals surface area contributed by atoms with Gasteiger partial charge in [0.15, 0.2) is 0 Å². The molecule has 0 aliphatic carbocycles. The first-order valence-corrected chi connectivity index (χ1v) is 6.49. The minimum absolute atomic E-state index is 0.669. The van der Waals surface area contributed by atoms with Crippen LogP contribution in [0.5, 0.6) is 0 Å². The van der Waals surface area contributed by atoms with E-state index in [1.165, 1.54) is 17.1 Å². The molecular weight excluding hydrogens is 206 g/mol. The largest absolute Gasteiger partial charge is 0.315 e. The van der Waals surface area contributed by atoms with E-state index in [2.05, 4.69) is 34.4 Å². The summed E-state index contributed by atoms with van der Waals surface area (Å²) in [6.07, 6.45) is 1.24. The van der Waals surface area contributed by atoms with Crippen LogP contribution in [0.4, 0.5) is 0 Å². The second kappa shape index (κ2) is 5.05. The predicted molar refractivity (Wildman–Crippen MR) is 64.2 cm³/mol. The predicted octanol–water partition coefficient (Wildman–Crippen LogP) is 1.64. The van der Waals surface area contributed by atoms with E-state index < -0.39 is 0 Å². The Bertz CT molecular complexity index is 311. The first-order chi connectivity index (χ1) is 7.25. The van der Waals surface area contributed by atoms with Gasteiger partial charge in [-0.3, -0.25) is 4.90 Å². The van der Waals surface area contributed by atoms with E-state index in [0.29, 0.717) is 6.04 Å². The van der Waals surface area contributed by atoms with Crippen LogP contribution in [0.2, 0.25) is 0 Å². The Morgan fingerprint density at radius 1 is 1.60 bits per heavy atom. The van der Waals surface area contributed by atoms with Crippen molar-refractivity contribution in [3.05, 3.63) is 16.1 Å². The van der Waals surface area contributed by atoms with E-state index in [-0.39, 0.29) is 0 Å². The highest BCUT2D eigenvalue weighted by molar-refractivity contribution is 7.09. The highest BCUT2D eigenvalue weighted by atomic mass is 32.1. The highest BCUT2D eigenvalue weighted by Crippen LogP contribution is 2.14. The molecule has 1 aliphatic rings. The van der Waals surface area contributed by atoms with Crippen LogP contribution in [0.3, 0.4) is 0 Å². The molecular formula is C11H19N3S. The molecule has 3 nitrogen and oxygen atoms in total. The zero-order valence-electron chi connectivity index (χ0n) is 9.49. The van der Waals surface area contributed by atoms with Gasteiger partial charge in [-0.2, -0.15) is 0 Å². The fourth-order valence-electron chi connectivity index (χ4n) is 1.99. The Morgan fingerprint density at radius 2 is 2.47 bits per heavy atom. The molecule has 1 aromatic rings. The Balaban J connectivity index is 1.97. The molecule has 1 aromatic heterocycles. The lowest BCUT2D eigenvalue weighted by Gasteiger charge is -2.25. The minimum Gasteiger partial charge on any atom is -0.315 e. The van der Waals surface area contributed by atoms with Gasteiger partial charge in [-0.05, 0) is 26.8 Å². The first kappa shape index (κ1) is 11.0.